The van der Waals surface area contributed by atoms with Gasteiger partial charge in [0.05, 0.1) is 6.61 Å². The van der Waals surface area contributed by atoms with Crippen LogP contribution in [0.2, 0.25) is 0 Å². The van der Waals surface area contributed by atoms with Gasteiger partial charge in [-0.05, 0) is 49.6 Å². The first-order chi connectivity index (χ1) is 11.1. The molecule has 0 saturated carbocycles. The fourth-order valence-corrected chi connectivity index (χ4v) is 3.86. The summed E-state index contributed by atoms with van der Waals surface area (Å²) >= 11 is 2.06. The van der Waals surface area contributed by atoms with Gasteiger partial charge in [0, 0.05) is 24.9 Å². The van der Waals surface area contributed by atoms with Crippen LogP contribution in [0.15, 0.2) is 29.3 Å². The van der Waals surface area contributed by atoms with Crippen molar-refractivity contribution in [3.8, 4) is 5.75 Å². The monoisotopic (exact) mass is 335 g/mol. The van der Waals surface area contributed by atoms with E-state index in [4.69, 9.17) is 4.74 Å². The summed E-state index contributed by atoms with van der Waals surface area (Å²) in [5, 5.41) is 6.84. The smallest absolute Gasteiger partial charge is 0.191 e. The topological polar surface area (TPSA) is 45.6 Å². The highest BCUT2D eigenvalue weighted by molar-refractivity contribution is 8.00. The zero-order chi connectivity index (χ0) is 16.5. The van der Waals surface area contributed by atoms with Gasteiger partial charge in [-0.25, -0.2) is 0 Å². The number of rotatable bonds is 7. The molecule has 1 aliphatic rings. The number of nitrogens with one attached hydrogen (secondary N) is 2. The van der Waals surface area contributed by atoms with Crippen LogP contribution >= 0.6 is 11.8 Å². The van der Waals surface area contributed by atoms with Crippen molar-refractivity contribution in [2.75, 3.05) is 26.0 Å². The molecule has 0 aromatic heterocycles. The fraction of sp³-hybridized carbons (Fsp3) is 0.611. The Balaban J connectivity index is 1.81. The third kappa shape index (κ3) is 5.98. The summed E-state index contributed by atoms with van der Waals surface area (Å²) in [7, 11) is 1.82. The Hall–Kier alpha value is -1.36. The Kier molecular flexibility index (Phi) is 7.09. The molecule has 2 N–H and O–H groups in total. The summed E-state index contributed by atoms with van der Waals surface area (Å²) in [5.74, 6) is 3.07. The number of thioether (sulfide) groups is 1. The van der Waals surface area contributed by atoms with E-state index < -0.39 is 0 Å². The molecule has 1 aromatic rings. The Morgan fingerprint density at radius 1 is 1.39 bits per heavy atom. The van der Waals surface area contributed by atoms with Gasteiger partial charge < -0.3 is 15.4 Å². The van der Waals surface area contributed by atoms with E-state index in [1.54, 1.807) is 0 Å². The zero-order valence-corrected chi connectivity index (χ0v) is 15.3. The molecule has 1 atom stereocenters. The van der Waals surface area contributed by atoms with Crippen molar-refractivity contribution >= 4 is 17.7 Å². The summed E-state index contributed by atoms with van der Waals surface area (Å²) in [5.41, 5.74) is 1.20. The SMILES string of the molecule is CCCOc1cccc(CNC(=NC)NCC2(C)CCCS2)c1. The van der Waals surface area contributed by atoms with Crippen LogP contribution in [-0.2, 0) is 6.54 Å². The Morgan fingerprint density at radius 2 is 2.26 bits per heavy atom. The molecule has 1 aromatic carbocycles. The molecule has 2 rings (SSSR count). The van der Waals surface area contributed by atoms with Gasteiger partial charge in [-0.2, -0.15) is 11.8 Å². The van der Waals surface area contributed by atoms with Crippen LogP contribution in [-0.4, -0.2) is 36.7 Å². The predicted octanol–water partition coefficient (Wildman–Crippen LogP) is 3.43. The van der Waals surface area contributed by atoms with E-state index in [1.807, 2.05) is 19.2 Å². The van der Waals surface area contributed by atoms with E-state index in [0.29, 0.717) is 4.75 Å². The van der Waals surface area contributed by atoms with Crippen molar-refractivity contribution in [1.29, 1.82) is 0 Å². The zero-order valence-electron chi connectivity index (χ0n) is 14.5. The minimum Gasteiger partial charge on any atom is -0.494 e. The number of ether oxygens (including phenoxy) is 1. The average Bonchev–Trinajstić information content (AvgIpc) is 3.00. The minimum atomic E-state index is 0.339. The van der Waals surface area contributed by atoms with E-state index in [2.05, 4.69) is 53.4 Å². The first-order valence-electron chi connectivity index (χ1n) is 8.45. The maximum atomic E-state index is 5.68. The van der Waals surface area contributed by atoms with Crippen molar-refractivity contribution in [2.24, 2.45) is 4.99 Å². The number of benzene rings is 1. The fourth-order valence-electron chi connectivity index (χ4n) is 2.62. The average molecular weight is 336 g/mol. The van der Waals surface area contributed by atoms with Crippen molar-refractivity contribution < 1.29 is 4.74 Å². The summed E-state index contributed by atoms with van der Waals surface area (Å²) in [4.78, 5) is 4.32. The molecule has 0 bridgehead atoms. The summed E-state index contributed by atoms with van der Waals surface area (Å²) in [6.45, 7) is 6.91. The van der Waals surface area contributed by atoms with Crippen molar-refractivity contribution in [1.82, 2.24) is 10.6 Å². The Bertz CT molecular complexity index is 513. The van der Waals surface area contributed by atoms with Gasteiger partial charge in [0.15, 0.2) is 5.96 Å². The molecule has 1 unspecified atom stereocenters. The van der Waals surface area contributed by atoms with Crippen LogP contribution < -0.4 is 15.4 Å². The second kappa shape index (κ2) is 9.06. The molecular weight excluding hydrogens is 306 g/mol. The highest BCUT2D eigenvalue weighted by Crippen LogP contribution is 2.36. The van der Waals surface area contributed by atoms with Crippen molar-refractivity contribution in [3.05, 3.63) is 29.8 Å². The maximum Gasteiger partial charge on any atom is 0.191 e. The normalized spacial score (nSPS) is 21.3. The first kappa shape index (κ1) is 18.0. The number of guanidine groups is 1. The molecule has 128 valence electrons. The molecule has 1 heterocycles. The lowest BCUT2D eigenvalue weighted by atomic mass is 10.1. The molecule has 1 fully saturated rings. The lowest BCUT2D eigenvalue weighted by Gasteiger charge is -2.24. The van der Waals surface area contributed by atoms with Gasteiger partial charge in [-0.3, -0.25) is 4.99 Å². The number of hydrogen-bond donors (Lipinski definition) is 2. The lowest BCUT2D eigenvalue weighted by Crippen LogP contribution is -2.43. The van der Waals surface area contributed by atoms with Gasteiger partial charge in [-0.15, -0.1) is 0 Å². The number of aliphatic imine (C=N–C) groups is 1. The van der Waals surface area contributed by atoms with E-state index in [-0.39, 0.29) is 0 Å². The van der Waals surface area contributed by atoms with Gasteiger partial charge >= 0.3 is 0 Å². The van der Waals surface area contributed by atoms with E-state index >= 15 is 0 Å². The highest BCUT2D eigenvalue weighted by Gasteiger charge is 2.29. The summed E-state index contributed by atoms with van der Waals surface area (Å²) in [6, 6.07) is 8.23. The molecule has 5 heteroatoms. The Morgan fingerprint density at radius 3 is 2.96 bits per heavy atom. The summed E-state index contributed by atoms with van der Waals surface area (Å²) in [6.07, 6.45) is 3.62. The van der Waals surface area contributed by atoms with E-state index in [0.717, 1.165) is 37.8 Å². The molecule has 1 saturated heterocycles. The number of nitrogens with zero attached hydrogens (tertiary/aromatic N) is 1. The van der Waals surface area contributed by atoms with Crippen LogP contribution in [0.5, 0.6) is 5.75 Å². The van der Waals surface area contributed by atoms with E-state index in [1.165, 1.54) is 24.2 Å². The molecule has 23 heavy (non-hydrogen) atoms. The third-order valence-electron chi connectivity index (χ3n) is 3.99. The molecule has 0 radical (unpaired) electrons. The van der Waals surface area contributed by atoms with Crippen LogP contribution in [0.1, 0.15) is 38.7 Å². The minimum absolute atomic E-state index is 0.339. The third-order valence-corrected chi connectivity index (χ3v) is 5.52. The Labute approximate surface area is 144 Å². The van der Waals surface area contributed by atoms with Crippen LogP contribution in [0.4, 0.5) is 0 Å². The predicted molar refractivity (Wildman–Crippen MR) is 101 cm³/mol. The molecule has 0 amide bonds. The highest BCUT2D eigenvalue weighted by atomic mass is 32.2. The second-order valence-electron chi connectivity index (χ2n) is 6.18. The van der Waals surface area contributed by atoms with Crippen molar-refractivity contribution in [2.45, 2.75) is 44.4 Å². The van der Waals surface area contributed by atoms with Gasteiger partial charge in [0.25, 0.3) is 0 Å². The maximum absolute atomic E-state index is 5.68. The quantitative estimate of drug-likeness (QED) is 0.592. The standard InChI is InChI=1S/C18H29N3OS/c1-4-10-22-16-8-5-7-15(12-16)13-20-17(19-3)21-14-18(2)9-6-11-23-18/h5,7-8,12H,4,6,9-11,13-14H2,1-3H3,(H2,19,20,21). The largest absolute Gasteiger partial charge is 0.494 e. The van der Waals surface area contributed by atoms with Gasteiger partial charge in [0.1, 0.15) is 5.75 Å². The molecule has 0 aliphatic carbocycles. The molecule has 4 nitrogen and oxygen atoms in total. The van der Waals surface area contributed by atoms with Crippen molar-refractivity contribution in [3.63, 3.8) is 0 Å². The molecule has 0 spiro atoms. The van der Waals surface area contributed by atoms with Gasteiger partial charge in [0.2, 0.25) is 0 Å². The van der Waals surface area contributed by atoms with Crippen LogP contribution in [0.3, 0.4) is 0 Å². The molecule has 1 aliphatic heterocycles. The van der Waals surface area contributed by atoms with Crippen LogP contribution in [0, 0.1) is 0 Å². The number of hydrogen-bond acceptors (Lipinski definition) is 3. The first-order valence-corrected chi connectivity index (χ1v) is 9.44. The van der Waals surface area contributed by atoms with Gasteiger partial charge in [-0.1, -0.05) is 19.1 Å². The summed E-state index contributed by atoms with van der Waals surface area (Å²) < 4.78 is 6.02. The second-order valence-corrected chi connectivity index (χ2v) is 7.86. The van der Waals surface area contributed by atoms with E-state index in [9.17, 15) is 0 Å². The lowest BCUT2D eigenvalue weighted by molar-refractivity contribution is 0.317. The van der Waals surface area contributed by atoms with Crippen LogP contribution in [0.25, 0.3) is 0 Å². The molecular formula is C18H29N3OS.